The van der Waals surface area contributed by atoms with Gasteiger partial charge in [-0.3, -0.25) is 4.79 Å². The molecule has 1 aliphatic heterocycles. The van der Waals surface area contributed by atoms with E-state index in [0.717, 1.165) is 31.7 Å². The van der Waals surface area contributed by atoms with E-state index in [1.165, 1.54) is 0 Å². The van der Waals surface area contributed by atoms with Crippen molar-refractivity contribution in [2.75, 3.05) is 18.8 Å². The zero-order valence-electron chi connectivity index (χ0n) is 9.74. The van der Waals surface area contributed by atoms with Gasteiger partial charge in [0.15, 0.2) is 0 Å². The number of nitrogens with zero attached hydrogens (tertiary/aromatic N) is 1. The number of carbonyl (C=O) groups is 1. The van der Waals surface area contributed by atoms with Gasteiger partial charge in [0.25, 0.3) is 0 Å². The van der Waals surface area contributed by atoms with E-state index in [4.69, 9.17) is 5.73 Å². The topological polar surface area (TPSA) is 46.3 Å². The maximum Gasteiger partial charge on any atom is 0.224 e. The van der Waals surface area contributed by atoms with Crippen LogP contribution in [-0.4, -0.2) is 40.9 Å². The molecule has 88 valence electrons. The third-order valence-electron chi connectivity index (χ3n) is 2.91. The van der Waals surface area contributed by atoms with E-state index < -0.39 is 0 Å². The first kappa shape index (κ1) is 12.8. The summed E-state index contributed by atoms with van der Waals surface area (Å²) >= 11 is 1.98. The minimum absolute atomic E-state index is 0.0344. The molecule has 3 nitrogen and oxygen atoms in total. The molecule has 2 atom stereocenters. The van der Waals surface area contributed by atoms with Gasteiger partial charge in [-0.05, 0) is 12.8 Å². The maximum atomic E-state index is 11.9. The molecule has 0 bridgehead atoms. The normalized spacial score (nSPS) is 23.9. The quantitative estimate of drug-likeness (QED) is 0.795. The van der Waals surface area contributed by atoms with E-state index in [1.54, 1.807) is 0 Å². The largest absolute Gasteiger partial charge is 0.341 e. The van der Waals surface area contributed by atoms with Gasteiger partial charge in [-0.25, -0.2) is 0 Å². The van der Waals surface area contributed by atoms with Crippen LogP contribution in [0.4, 0.5) is 0 Å². The van der Waals surface area contributed by atoms with Crippen LogP contribution in [0.1, 0.15) is 33.1 Å². The lowest BCUT2D eigenvalue weighted by molar-refractivity contribution is -0.131. The summed E-state index contributed by atoms with van der Waals surface area (Å²) in [6, 6.07) is 0.0344. The number of amides is 1. The second kappa shape index (κ2) is 6.38. The molecule has 0 aliphatic carbocycles. The summed E-state index contributed by atoms with van der Waals surface area (Å²) in [4.78, 5) is 13.9. The highest BCUT2D eigenvalue weighted by atomic mass is 32.2. The summed E-state index contributed by atoms with van der Waals surface area (Å²) in [6.07, 6.45) is 2.54. The SMILES string of the molecule is CCC(N)CC(=O)N1CCSC(CC)C1. The lowest BCUT2D eigenvalue weighted by atomic mass is 10.1. The van der Waals surface area contributed by atoms with E-state index in [0.29, 0.717) is 11.7 Å². The fourth-order valence-corrected chi connectivity index (χ4v) is 2.87. The first-order valence-corrected chi connectivity index (χ1v) is 6.87. The Labute approximate surface area is 96.8 Å². The molecule has 0 spiro atoms. The molecule has 2 N–H and O–H groups in total. The predicted molar refractivity (Wildman–Crippen MR) is 66.0 cm³/mol. The van der Waals surface area contributed by atoms with Gasteiger partial charge in [-0.2, -0.15) is 11.8 Å². The van der Waals surface area contributed by atoms with Crippen molar-refractivity contribution < 1.29 is 4.79 Å². The van der Waals surface area contributed by atoms with Gasteiger partial charge in [0, 0.05) is 36.6 Å². The van der Waals surface area contributed by atoms with Gasteiger partial charge in [0.1, 0.15) is 0 Å². The highest BCUT2D eigenvalue weighted by molar-refractivity contribution is 8.00. The molecule has 0 aromatic heterocycles. The van der Waals surface area contributed by atoms with Crippen molar-refractivity contribution in [1.82, 2.24) is 4.90 Å². The van der Waals surface area contributed by atoms with Crippen molar-refractivity contribution in [3.63, 3.8) is 0 Å². The Bertz CT molecular complexity index is 211. The number of hydrogen-bond acceptors (Lipinski definition) is 3. The van der Waals surface area contributed by atoms with E-state index >= 15 is 0 Å². The zero-order valence-corrected chi connectivity index (χ0v) is 10.6. The number of rotatable bonds is 4. The van der Waals surface area contributed by atoms with Crippen molar-refractivity contribution in [3.05, 3.63) is 0 Å². The number of carbonyl (C=O) groups excluding carboxylic acids is 1. The van der Waals surface area contributed by atoms with Crippen molar-refractivity contribution in [2.24, 2.45) is 5.73 Å². The van der Waals surface area contributed by atoms with Crippen LogP contribution in [0, 0.1) is 0 Å². The van der Waals surface area contributed by atoms with Crippen LogP contribution in [-0.2, 0) is 4.79 Å². The van der Waals surface area contributed by atoms with Crippen molar-refractivity contribution in [3.8, 4) is 0 Å². The van der Waals surface area contributed by atoms with Gasteiger partial charge in [0.05, 0.1) is 0 Å². The Morgan fingerprint density at radius 1 is 1.60 bits per heavy atom. The Morgan fingerprint density at radius 2 is 2.33 bits per heavy atom. The minimum Gasteiger partial charge on any atom is -0.341 e. The Hall–Kier alpha value is -0.220. The molecule has 1 heterocycles. The summed E-state index contributed by atoms with van der Waals surface area (Å²) < 4.78 is 0. The third-order valence-corrected chi connectivity index (χ3v) is 4.28. The first-order valence-electron chi connectivity index (χ1n) is 5.82. The number of thioether (sulfide) groups is 1. The molecule has 1 aliphatic rings. The van der Waals surface area contributed by atoms with Crippen LogP contribution in [0.3, 0.4) is 0 Å². The van der Waals surface area contributed by atoms with Crippen LogP contribution < -0.4 is 5.73 Å². The highest BCUT2D eigenvalue weighted by Crippen LogP contribution is 2.21. The summed E-state index contributed by atoms with van der Waals surface area (Å²) in [5, 5.41) is 0.626. The second-order valence-electron chi connectivity index (χ2n) is 4.11. The Balaban J connectivity index is 2.38. The molecule has 2 unspecified atom stereocenters. The summed E-state index contributed by atoms with van der Waals surface area (Å²) in [5.74, 6) is 1.31. The molecule has 0 radical (unpaired) electrons. The standard InChI is InChI=1S/C11H22N2OS/c1-3-9(12)7-11(14)13-5-6-15-10(4-2)8-13/h9-10H,3-8,12H2,1-2H3. The van der Waals surface area contributed by atoms with E-state index in [2.05, 4.69) is 6.92 Å². The fraction of sp³-hybridized carbons (Fsp3) is 0.909. The first-order chi connectivity index (χ1) is 7.17. The molecule has 15 heavy (non-hydrogen) atoms. The monoisotopic (exact) mass is 230 g/mol. The average Bonchev–Trinajstić information content (AvgIpc) is 2.28. The van der Waals surface area contributed by atoms with Crippen LogP contribution in [0.5, 0.6) is 0 Å². The Kier molecular flexibility index (Phi) is 5.47. The van der Waals surface area contributed by atoms with E-state index in [9.17, 15) is 4.79 Å². The van der Waals surface area contributed by atoms with Gasteiger partial charge in [-0.1, -0.05) is 13.8 Å². The zero-order chi connectivity index (χ0) is 11.3. The summed E-state index contributed by atoms with van der Waals surface area (Å²) in [6.45, 7) is 6.02. The predicted octanol–water partition coefficient (Wildman–Crippen LogP) is 1.47. The molecule has 1 amide bonds. The van der Waals surface area contributed by atoms with E-state index in [-0.39, 0.29) is 11.9 Å². The van der Waals surface area contributed by atoms with Crippen LogP contribution in [0.2, 0.25) is 0 Å². The number of nitrogens with two attached hydrogens (primary N) is 1. The van der Waals surface area contributed by atoms with Gasteiger partial charge < -0.3 is 10.6 Å². The molecular formula is C11H22N2OS. The van der Waals surface area contributed by atoms with Gasteiger partial charge in [-0.15, -0.1) is 0 Å². The molecule has 1 rings (SSSR count). The molecule has 0 saturated carbocycles. The summed E-state index contributed by atoms with van der Waals surface area (Å²) in [7, 11) is 0. The number of hydrogen-bond donors (Lipinski definition) is 1. The minimum atomic E-state index is 0.0344. The van der Waals surface area contributed by atoms with Crippen molar-refractivity contribution in [1.29, 1.82) is 0 Å². The van der Waals surface area contributed by atoms with Crippen LogP contribution >= 0.6 is 11.8 Å². The smallest absolute Gasteiger partial charge is 0.224 e. The molecule has 4 heteroatoms. The van der Waals surface area contributed by atoms with Crippen molar-refractivity contribution >= 4 is 17.7 Å². The van der Waals surface area contributed by atoms with Crippen LogP contribution in [0.25, 0.3) is 0 Å². The van der Waals surface area contributed by atoms with Crippen LogP contribution in [0.15, 0.2) is 0 Å². The highest BCUT2D eigenvalue weighted by Gasteiger charge is 2.23. The fourth-order valence-electron chi connectivity index (χ4n) is 1.69. The molecule has 1 saturated heterocycles. The maximum absolute atomic E-state index is 11.9. The third kappa shape index (κ3) is 4.03. The molecule has 0 aromatic rings. The summed E-state index contributed by atoms with van der Waals surface area (Å²) in [5.41, 5.74) is 5.79. The van der Waals surface area contributed by atoms with Gasteiger partial charge in [0.2, 0.25) is 5.91 Å². The lowest BCUT2D eigenvalue weighted by Gasteiger charge is -2.32. The average molecular weight is 230 g/mol. The molecule has 0 aromatic carbocycles. The van der Waals surface area contributed by atoms with Gasteiger partial charge >= 0.3 is 0 Å². The molecule has 1 fully saturated rings. The lowest BCUT2D eigenvalue weighted by Crippen LogP contribution is -2.43. The Morgan fingerprint density at radius 3 is 2.93 bits per heavy atom. The van der Waals surface area contributed by atoms with Crippen molar-refractivity contribution in [2.45, 2.75) is 44.4 Å². The molecular weight excluding hydrogens is 208 g/mol. The second-order valence-corrected chi connectivity index (χ2v) is 5.52. The van der Waals surface area contributed by atoms with E-state index in [1.807, 2.05) is 23.6 Å².